The smallest absolute Gasteiger partial charge is 0.313 e. The van der Waals surface area contributed by atoms with Crippen LogP contribution in [0.1, 0.15) is 18.9 Å². The fourth-order valence-corrected chi connectivity index (χ4v) is 1.47. The van der Waals surface area contributed by atoms with Crippen molar-refractivity contribution in [3.8, 4) is 0 Å². The van der Waals surface area contributed by atoms with Crippen LogP contribution in [0.4, 0.5) is 10.1 Å². The van der Waals surface area contributed by atoms with E-state index < -0.39 is 23.7 Å². The van der Waals surface area contributed by atoms with Crippen molar-refractivity contribution >= 4 is 17.5 Å². The molecule has 0 aliphatic carbocycles. The zero-order valence-electron chi connectivity index (χ0n) is 10.9. The van der Waals surface area contributed by atoms with Crippen LogP contribution in [0.3, 0.4) is 0 Å². The van der Waals surface area contributed by atoms with E-state index in [2.05, 4.69) is 10.6 Å². The molecule has 1 unspecified atom stereocenters. The van der Waals surface area contributed by atoms with Crippen LogP contribution in [0, 0.1) is 12.7 Å². The van der Waals surface area contributed by atoms with Crippen molar-refractivity contribution in [3.63, 3.8) is 0 Å². The fourth-order valence-electron chi connectivity index (χ4n) is 1.47. The third kappa shape index (κ3) is 5.48. The van der Waals surface area contributed by atoms with Crippen molar-refractivity contribution in [2.24, 2.45) is 0 Å². The first-order valence-electron chi connectivity index (χ1n) is 5.93. The lowest BCUT2D eigenvalue weighted by molar-refractivity contribution is -0.136. The molecular weight excluding hydrogens is 251 g/mol. The minimum absolute atomic E-state index is 0.200. The monoisotopic (exact) mass is 268 g/mol. The molecule has 2 amide bonds. The summed E-state index contributed by atoms with van der Waals surface area (Å²) >= 11 is 0. The van der Waals surface area contributed by atoms with E-state index in [1.807, 2.05) is 0 Å². The largest absolute Gasteiger partial charge is 0.393 e. The number of nitrogens with one attached hydrogen (secondary N) is 2. The van der Waals surface area contributed by atoms with Gasteiger partial charge in [0.05, 0.1) is 6.10 Å². The molecule has 104 valence electrons. The lowest BCUT2D eigenvalue weighted by atomic mass is 10.2. The highest BCUT2D eigenvalue weighted by Crippen LogP contribution is 2.12. The molecular formula is C13H17FN2O3. The molecule has 0 aliphatic heterocycles. The van der Waals surface area contributed by atoms with Crippen LogP contribution in [-0.4, -0.2) is 29.6 Å². The van der Waals surface area contributed by atoms with Gasteiger partial charge in [-0.25, -0.2) is 4.39 Å². The molecule has 1 rings (SSSR count). The Morgan fingerprint density at radius 3 is 2.58 bits per heavy atom. The van der Waals surface area contributed by atoms with Gasteiger partial charge in [0, 0.05) is 12.2 Å². The number of aliphatic hydroxyl groups is 1. The number of rotatable bonds is 4. The van der Waals surface area contributed by atoms with Gasteiger partial charge in [-0.05, 0) is 44.0 Å². The molecule has 0 saturated carbocycles. The van der Waals surface area contributed by atoms with Crippen LogP contribution in [-0.2, 0) is 9.59 Å². The summed E-state index contributed by atoms with van der Waals surface area (Å²) in [5.41, 5.74) is 0.873. The Labute approximate surface area is 110 Å². The molecule has 0 aliphatic rings. The standard InChI is InChI=1S/C13H17FN2O3/c1-8-5-10(14)7-11(6-8)16-13(19)12(18)15-4-3-9(2)17/h5-7,9,17H,3-4H2,1-2H3,(H,15,18)(H,16,19). The van der Waals surface area contributed by atoms with E-state index >= 15 is 0 Å². The fraction of sp³-hybridized carbons (Fsp3) is 0.385. The lowest BCUT2D eigenvalue weighted by Gasteiger charge is -2.08. The number of halogens is 1. The first-order valence-corrected chi connectivity index (χ1v) is 5.93. The number of hydrogen-bond acceptors (Lipinski definition) is 3. The van der Waals surface area contributed by atoms with Gasteiger partial charge in [-0.15, -0.1) is 0 Å². The summed E-state index contributed by atoms with van der Waals surface area (Å²) in [5, 5.41) is 13.7. The Kier molecular flexibility index (Phi) is 5.44. The second kappa shape index (κ2) is 6.84. The highest BCUT2D eigenvalue weighted by Gasteiger charge is 2.13. The molecule has 0 spiro atoms. The number of aliphatic hydroxyl groups excluding tert-OH is 1. The second-order valence-electron chi connectivity index (χ2n) is 4.36. The summed E-state index contributed by atoms with van der Waals surface area (Å²) in [4.78, 5) is 22.9. The highest BCUT2D eigenvalue weighted by atomic mass is 19.1. The Balaban J connectivity index is 2.52. The number of anilines is 1. The van der Waals surface area contributed by atoms with Crippen molar-refractivity contribution in [3.05, 3.63) is 29.6 Å². The second-order valence-corrected chi connectivity index (χ2v) is 4.36. The van der Waals surface area contributed by atoms with Gasteiger partial charge in [-0.1, -0.05) is 0 Å². The van der Waals surface area contributed by atoms with Crippen LogP contribution < -0.4 is 10.6 Å². The van der Waals surface area contributed by atoms with E-state index in [1.54, 1.807) is 19.9 Å². The average Bonchev–Trinajstić information content (AvgIpc) is 2.26. The van der Waals surface area contributed by atoms with Gasteiger partial charge in [0.25, 0.3) is 0 Å². The van der Waals surface area contributed by atoms with Crippen LogP contribution in [0.15, 0.2) is 18.2 Å². The lowest BCUT2D eigenvalue weighted by Crippen LogP contribution is -2.36. The molecule has 0 fully saturated rings. The molecule has 6 heteroatoms. The first kappa shape index (κ1) is 15.1. The third-order valence-corrected chi connectivity index (χ3v) is 2.35. The van der Waals surface area contributed by atoms with Gasteiger partial charge < -0.3 is 15.7 Å². The van der Waals surface area contributed by atoms with Gasteiger partial charge in [-0.3, -0.25) is 9.59 Å². The topological polar surface area (TPSA) is 78.4 Å². The van der Waals surface area contributed by atoms with Gasteiger partial charge in [0.15, 0.2) is 0 Å². The van der Waals surface area contributed by atoms with Crippen LogP contribution >= 0.6 is 0 Å². The van der Waals surface area contributed by atoms with Gasteiger partial charge in [-0.2, -0.15) is 0 Å². The minimum Gasteiger partial charge on any atom is -0.393 e. The van der Waals surface area contributed by atoms with E-state index in [0.717, 1.165) is 6.07 Å². The number of hydrogen-bond donors (Lipinski definition) is 3. The molecule has 3 N–H and O–H groups in total. The molecule has 5 nitrogen and oxygen atoms in total. The van der Waals surface area contributed by atoms with Crippen molar-refractivity contribution < 1.29 is 19.1 Å². The molecule has 19 heavy (non-hydrogen) atoms. The molecule has 1 atom stereocenters. The number of carbonyl (C=O) groups excluding carboxylic acids is 2. The van der Waals surface area contributed by atoms with E-state index in [4.69, 9.17) is 5.11 Å². The maximum absolute atomic E-state index is 13.1. The summed E-state index contributed by atoms with van der Waals surface area (Å²) in [6, 6.07) is 4.01. The average molecular weight is 268 g/mol. The molecule has 1 aromatic rings. The van der Waals surface area contributed by atoms with Crippen LogP contribution in [0.5, 0.6) is 0 Å². The van der Waals surface area contributed by atoms with Crippen LogP contribution in [0.2, 0.25) is 0 Å². The Hall–Kier alpha value is -1.95. The van der Waals surface area contributed by atoms with E-state index in [9.17, 15) is 14.0 Å². The van der Waals surface area contributed by atoms with Crippen molar-refractivity contribution in [1.82, 2.24) is 5.32 Å². The predicted molar refractivity (Wildman–Crippen MR) is 69.1 cm³/mol. The molecule has 0 bridgehead atoms. The normalized spacial score (nSPS) is 11.8. The molecule has 1 aromatic carbocycles. The zero-order valence-corrected chi connectivity index (χ0v) is 10.9. The molecule has 0 saturated heterocycles. The summed E-state index contributed by atoms with van der Waals surface area (Å²) in [6.45, 7) is 3.47. The van der Waals surface area contributed by atoms with Crippen molar-refractivity contribution in [2.45, 2.75) is 26.4 Å². The summed E-state index contributed by atoms with van der Waals surface area (Å²) in [7, 11) is 0. The molecule has 0 heterocycles. The quantitative estimate of drug-likeness (QED) is 0.712. The summed E-state index contributed by atoms with van der Waals surface area (Å²) in [5.74, 6) is -2.16. The Morgan fingerprint density at radius 2 is 2.00 bits per heavy atom. The maximum Gasteiger partial charge on any atom is 0.313 e. The summed E-state index contributed by atoms with van der Waals surface area (Å²) in [6.07, 6.45) is -0.188. The first-order chi connectivity index (χ1) is 8.88. The van der Waals surface area contributed by atoms with Gasteiger partial charge in [0.1, 0.15) is 5.82 Å². The molecule has 0 aromatic heterocycles. The number of aryl methyl sites for hydroxylation is 1. The zero-order chi connectivity index (χ0) is 14.4. The Bertz CT molecular complexity index is 455. The van der Waals surface area contributed by atoms with Crippen molar-refractivity contribution in [1.29, 1.82) is 0 Å². The van der Waals surface area contributed by atoms with E-state index in [-0.39, 0.29) is 12.2 Å². The molecule has 0 radical (unpaired) electrons. The van der Waals surface area contributed by atoms with Crippen LogP contribution in [0.25, 0.3) is 0 Å². The van der Waals surface area contributed by atoms with Gasteiger partial charge >= 0.3 is 11.8 Å². The maximum atomic E-state index is 13.1. The SMILES string of the molecule is Cc1cc(F)cc(NC(=O)C(=O)NCCC(C)O)c1. The van der Waals surface area contributed by atoms with E-state index in [1.165, 1.54) is 6.07 Å². The summed E-state index contributed by atoms with van der Waals surface area (Å²) < 4.78 is 13.1. The highest BCUT2D eigenvalue weighted by molar-refractivity contribution is 6.39. The minimum atomic E-state index is -0.865. The van der Waals surface area contributed by atoms with Crippen molar-refractivity contribution in [2.75, 3.05) is 11.9 Å². The Morgan fingerprint density at radius 1 is 1.32 bits per heavy atom. The number of carbonyl (C=O) groups is 2. The van der Waals surface area contributed by atoms with Gasteiger partial charge in [0.2, 0.25) is 0 Å². The number of benzene rings is 1. The van der Waals surface area contributed by atoms with E-state index in [0.29, 0.717) is 12.0 Å². The number of amides is 2. The third-order valence-electron chi connectivity index (χ3n) is 2.35. The predicted octanol–water partition coefficient (Wildman–Crippen LogP) is 0.960.